The normalized spacial score (nSPS) is 10.8. The van der Waals surface area contributed by atoms with Crippen molar-refractivity contribution in [2.75, 3.05) is 6.54 Å². The van der Waals surface area contributed by atoms with Gasteiger partial charge in [-0.05, 0) is 31.0 Å². The molecule has 0 fully saturated rings. The number of nitrogens with zero attached hydrogens (tertiary/aromatic N) is 2. The number of carbonyl (C=O) groups excluding carboxylic acids is 1. The molecule has 128 valence electrons. The minimum atomic E-state index is -0.173. The number of benzene rings is 2. The minimum Gasteiger partial charge on any atom is -0.335 e. The summed E-state index contributed by atoms with van der Waals surface area (Å²) in [6, 6.07) is 17.2. The standard InChI is InChI=1S/C20H21N3O2/c1-2-23(19(24)13-12-15-8-4-3-5-9-15)14-18-21-17-11-7-6-10-16(17)20(25)22-18/h3-11H,2,12-14H2,1H3,(H,21,22,25). The Morgan fingerprint density at radius 3 is 2.56 bits per heavy atom. The van der Waals surface area contributed by atoms with Crippen LogP contribution in [-0.4, -0.2) is 27.3 Å². The minimum absolute atomic E-state index is 0.0576. The zero-order chi connectivity index (χ0) is 17.6. The van der Waals surface area contributed by atoms with E-state index in [0.29, 0.717) is 42.7 Å². The molecule has 0 bridgehead atoms. The Bertz CT molecular complexity index is 919. The first-order valence-corrected chi connectivity index (χ1v) is 8.47. The van der Waals surface area contributed by atoms with Gasteiger partial charge in [0.25, 0.3) is 5.56 Å². The molecular formula is C20H21N3O2. The second-order valence-corrected chi connectivity index (χ2v) is 5.92. The SMILES string of the molecule is CCN(Cc1nc2ccccc2c(=O)[nH]1)C(=O)CCc1ccccc1. The number of hydrogen-bond acceptors (Lipinski definition) is 3. The van der Waals surface area contributed by atoms with Gasteiger partial charge in [-0.3, -0.25) is 9.59 Å². The third-order valence-corrected chi connectivity index (χ3v) is 4.21. The second-order valence-electron chi connectivity index (χ2n) is 5.92. The summed E-state index contributed by atoms with van der Waals surface area (Å²) >= 11 is 0. The fraction of sp³-hybridized carbons (Fsp3) is 0.250. The lowest BCUT2D eigenvalue weighted by Crippen LogP contribution is -2.32. The van der Waals surface area contributed by atoms with Gasteiger partial charge in [0, 0.05) is 13.0 Å². The molecule has 0 aliphatic heterocycles. The van der Waals surface area contributed by atoms with Crippen LogP contribution in [0.25, 0.3) is 10.9 Å². The molecule has 0 spiro atoms. The van der Waals surface area contributed by atoms with Crippen molar-refractivity contribution < 1.29 is 4.79 Å². The third-order valence-electron chi connectivity index (χ3n) is 4.21. The summed E-state index contributed by atoms with van der Waals surface area (Å²) in [4.78, 5) is 33.6. The molecule has 0 atom stereocenters. The third kappa shape index (κ3) is 4.12. The Morgan fingerprint density at radius 2 is 1.80 bits per heavy atom. The number of aromatic nitrogens is 2. The zero-order valence-electron chi connectivity index (χ0n) is 14.2. The lowest BCUT2D eigenvalue weighted by atomic mass is 10.1. The highest BCUT2D eigenvalue weighted by Crippen LogP contribution is 2.09. The van der Waals surface area contributed by atoms with Gasteiger partial charge in [-0.2, -0.15) is 0 Å². The van der Waals surface area contributed by atoms with Crippen LogP contribution in [0.1, 0.15) is 24.7 Å². The van der Waals surface area contributed by atoms with Crippen LogP contribution in [0.15, 0.2) is 59.4 Å². The number of nitrogens with one attached hydrogen (secondary N) is 1. The van der Waals surface area contributed by atoms with Crippen molar-refractivity contribution >= 4 is 16.8 Å². The maximum absolute atomic E-state index is 12.5. The van der Waals surface area contributed by atoms with Crippen molar-refractivity contribution in [2.24, 2.45) is 0 Å². The fourth-order valence-electron chi connectivity index (χ4n) is 2.82. The number of amides is 1. The van der Waals surface area contributed by atoms with E-state index in [2.05, 4.69) is 9.97 Å². The maximum atomic E-state index is 12.5. The van der Waals surface area contributed by atoms with Gasteiger partial charge < -0.3 is 9.88 Å². The lowest BCUT2D eigenvalue weighted by Gasteiger charge is -2.20. The molecule has 1 aromatic heterocycles. The lowest BCUT2D eigenvalue weighted by molar-refractivity contribution is -0.131. The van der Waals surface area contributed by atoms with Crippen molar-refractivity contribution in [1.82, 2.24) is 14.9 Å². The Hall–Kier alpha value is -2.95. The van der Waals surface area contributed by atoms with Crippen LogP contribution < -0.4 is 5.56 Å². The van der Waals surface area contributed by atoms with Crippen LogP contribution >= 0.6 is 0 Å². The molecule has 5 nitrogen and oxygen atoms in total. The predicted molar refractivity (Wildman–Crippen MR) is 98.2 cm³/mol. The average molecular weight is 335 g/mol. The first-order chi connectivity index (χ1) is 12.2. The number of hydrogen-bond donors (Lipinski definition) is 1. The maximum Gasteiger partial charge on any atom is 0.258 e. The van der Waals surface area contributed by atoms with Gasteiger partial charge in [-0.15, -0.1) is 0 Å². The largest absolute Gasteiger partial charge is 0.335 e. The first kappa shape index (κ1) is 16.9. The van der Waals surface area contributed by atoms with Crippen LogP contribution in [-0.2, 0) is 17.8 Å². The van der Waals surface area contributed by atoms with Crippen molar-refractivity contribution in [3.63, 3.8) is 0 Å². The monoisotopic (exact) mass is 335 g/mol. The van der Waals surface area contributed by atoms with Gasteiger partial charge in [0.1, 0.15) is 5.82 Å². The van der Waals surface area contributed by atoms with Crippen LogP contribution in [0.3, 0.4) is 0 Å². The van der Waals surface area contributed by atoms with E-state index in [-0.39, 0.29) is 11.5 Å². The number of H-pyrrole nitrogens is 1. The van der Waals surface area contributed by atoms with E-state index in [9.17, 15) is 9.59 Å². The molecule has 0 aliphatic carbocycles. The molecule has 2 aromatic carbocycles. The molecule has 1 N–H and O–H groups in total. The van der Waals surface area contributed by atoms with Gasteiger partial charge in [-0.25, -0.2) is 4.98 Å². The topological polar surface area (TPSA) is 66.1 Å². The van der Waals surface area contributed by atoms with Crippen molar-refractivity contribution in [1.29, 1.82) is 0 Å². The summed E-state index contributed by atoms with van der Waals surface area (Å²) in [5.41, 5.74) is 1.62. The summed E-state index contributed by atoms with van der Waals surface area (Å²) in [7, 11) is 0. The van der Waals surface area contributed by atoms with E-state index in [1.807, 2.05) is 55.5 Å². The smallest absolute Gasteiger partial charge is 0.258 e. The first-order valence-electron chi connectivity index (χ1n) is 8.47. The van der Waals surface area contributed by atoms with Crippen LogP contribution in [0.5, 0.6) is 0 Å². The summed E-state index contributed by atoms with van der Waals surface area (Å²) < 4.78 is 0. The molecule has 1 amide bonds. The van der Waals surface area contributed by atoms with E-state index in [1.54, 1.807) is 11.0 Å². The Balaban J connectivity index is 1.71. The highest BCUT2D eigenvalue weighted by molar-refractivity contribution is 5.78. The molecule has 0 aliphatic rings. The van der Waals surface area contributed by atoms with E-state index in [4.69, 9.17) is 0 Å². The van der Waals surface area contributed by atoms with Crippen LogP contribution in [0.2, 0.25) is 0 Å². The fourth-order valence-corrected chi connectivity index (χ4v) is 2.82. The molecule has 1 heterocycles. The number of aryl methyl sites for hydroxylation is 1. The van der Waals surface area contributed by atoms with E-state index in [0.717, 1.165) is 5.56 Å². The van der Waals surface area contributed by atoms with E-state index in [1.165, 1.54) is 0 Å². The summed E-state index contributed by atoms with van der Waals surface area (Å²) in [5.74, 6) is 0.570. The molecule has 25 heavy (non-hydrogen) atoms. The Kier molecular flexibility index (Phi) is 5.23. The molecule has 0 saturated carbocycles. The second kappa shape index (κ2) is 7.75. The summed E-state index contributed by atoms with van der Waals surface area (Å²) in [6.45, 7) is 2.81. The number of aromatic amines is 1. The van der Waals surface area contributed by atoms with Crippen LogP contribution in [0.4, 0.5) is 0 Å². The number of fused-ring (bicyclic) bond motifs is 1. The van der Waals surface area contributed by atoms with Gasteiger partial charge >= 0.3 is 0 Å². The number of rotatable bonds is 6. The molecule has 0 unspecified atom stereocenters. The molecule has 3 rings (SSSR count). The van der Waals surface area contributed by atoms with Crippen molar-refractivity contribution in [3.05, 3.63) is 76.3 Å². The predicted octanol–water partition coefficient (Wildman–Crippen LogP) is 2.90. The molecule has 0 radical (unpaired) electrons. The van der Waals surface area contributed by atoms with E-state index < -0.39 is 0 Å². The quantitative estimate of drug-likeness (QED) is 0.753. The summed E-state index contributed by atoms with van der Waals surface area (Å²) in [6.07, 6.45) is 1.15. The van der Waals surface area contributed by atoms with E-state index >= 15 is 0 Å². The van der Waals surface area contributed by atoms with Crippen LogP contribution in [0, 0.1) is 0 Å². The van der Waals surface area contributed by atoms with Gasteiger partial charge in [0.15, 0.2) is 0 Å². The zero-order valence-corrected chi connectivity index (χ0v) is 14.2. The Labute approximate surface area is 146 Å². The van der Waals surface area contributed by atoms with Gasteiger partial charge in [0.2, 0.25) is 5.91 Å². The van der Waals surface area contributed by atoms with Gasteiger partial charge in [0.05, 0.1) is 17.4 Å². The molecule has 5 heteroatoms. The average Bonchev–Trinajstić information content (AvgIpc) is 2.65. The van der Waals surface area contributed by atoms with Crippen molar-refractivity contribution in [2.45, 2.75) is 26.3 Å². The van der Waals surface area contributed by atoms with Gasteiger partial charge in [-0.1, -0.05) is 42.5 Å². The number of para-hydroxylation sites is 1. The Morgan fingerprint density at radius 1 is 1.08 bits per heavy atom. The highest BCUT2D eigenvalue weighted by Gasteiger charge is 2.14. The number of carbonyl (C=O) groups is 1. The molecular weight excluding hydrogens is 314 g/mol. The molecule has 0 saturated heterocycles. The summed E-state index contributed by atoms with van der Waals surface area (Å²) in [5, 5.41) is 0.560. The highest BCUT2D eigenvalue weighted by atomic mass is 16.2. The van der Waals surface area contributed by atoms with Crippen molar-refractivity contribution in [3.8, 4) is 0 Å². The molecule has 3 aromatic rings.